The van der Waals surface area contributed by atoms with Crippen molar-refractivity contribution in [3.63, 3.8) is 0 Å². The third-order valence-electron chi connectivity index (χ3n) is 2.61. The quantitative estimate of drug-likeness (QED) is 0.263. The summed E-state index contributed by atoms with van der Waals surface area (Å²) in [6, 6.07) is 0. The highest BCUT2D eigenvalue weighted by Crippen LogP contribution is 2.22. The van der Waals surface area contributed by atoms with Crippen molar-refractivity contribution in [3.8, 4) is 0 Å². The van der Waals surface area contributed by atoms with Crippen LogP contribution >= 0.6 is 15.9 Å². The molecule has 1 heterocycles. The smallest absolute Gasteiger partial charge is 0.263 e. The van der Waals surface area contributed by atoms with Gasteiger partial charge >= 0.3 is 0 Å². The predicted octanol–water partition coefficient (Wildman–Crippen LogP) is -0.649. The molecule has 1 rings (SSSR count). The summed E-state index contributed by atoms with van der Waals surface area (Å²) in [6.07, 6.45) is 0.0857. The molecular weight excluding hydrogens is 368 g/mol. The number of nitrogens with zero attached hydrogens (tertiary/aromatic N) is 5. The first-order valence-electron chi connectivity index (χ1n) is 5.85. The molecule has 0 aliphatic rings. The number of halogens is 1. The van der Waals surface area contributed by atoms with Gasteiger partial charge in [0.05, 0.1) is 6.61 Å². The van der Waals surface area contributed by atoms with E-state index < -0.39 is 10.0 Å². The molecule has 0 aromatic carbocycles. The van der Waals surface area contributed by atoms with Gasteiger partial charge in [-0.25, -0.2) is 13.1 Å². The highest BCUT2D eigenvalue weighted by Gasteiger charge is 2.30. The molecule has 1 aromatic rings. The minimum Gasteiger partial charge on any atom is -0.409 e. The number of methoxy groups -OCH3 is 1. The van der Waals surface area contributed by atoms with Crippen LogP contribution in [0.3, 0.4) is 0 Å². The summed E-state index contributed by atoms with van der Waals surface area (Å²) in [4.78, 5) is 0. The van der Waals surface area contributed by atoms with Crippen molar-refractivity contribution in [1.82, 2.24) is 19.3 Å². The number of sulfonamides is 1. The fraction of sp³-hybridized carbons (Fsp3) is 0.667. The van der Waals surface area contributed by atoms with Crippen LogP contribution in [0, 0.1) is 0 Å². The van der Waals surface area contributed by atoms with E-state index in [0.29, 0.717) is 0 Å². The molecule has 0 bridgehead atoms. The van der Waals surface area contributed by atoms with E-state index in [-0.39, 0.29) is 41.6 Å². The fourth-order valence-corrected chi connectivity index (χ4v) is 4.01. The molecule has 0 atom stereocenters. The molecule has 21 heavy (non-hydrogen) atoms. The predicted molar refractivity (Wildman–Crippen MR) is 77.4 cm³/mol. The Morgan fingerprint density at radius 1 is 1.57 bits per heavy atom. The molecule has 120 valence electrons. The van der Waals surface area contributed by atoms with E-state index in [0.717, 1.165) is 8.99 Å². The molecule has 0 aliphatic heterocycles. The van der Waals surface area contributed by atoms with Crippen LogP contribution in [0.1, 0.15) is 6.42 Å². The normalized spacial score (nSPS) is 13.0. The zero-order valence-electron chi connectivity index (χ0n) is 11.6. The first kappa shape index (κ1) is 17.8. The number of aryl methyl sites for hydroxylation is 1. The van der Waals surface area contributed by atoms with Crippen LogP contribution in [0.15, 0.2) is 14.8 Å². The Kier molecular flexibility index (Phi) is 6.51. The van der Waals surface area contributed by atoms with Gasteiger partial charge in [0, 0.05) is 33.7 Å². The van der Waals surface area contributed by atoms with E-state index >= 15 is 0 Å². The lowest BCUT2D eigenvalue weighted by Gasteiger charge is -2.21. The number of amidine groups is 1. The molecule has 0 saturated carbocycles. The van der Waals surface area contributed by atoms with E-state index in [2.05, 4.69) is 31.4 Å². The Labute approximate surface area is 130 Å². The standard InChI is InChI=1S/C9H17BrN6O4S/c1-15-9(8(10)12-14-15)21(18,19)16(5-6-20-2)4-3-7(11)13-17/h17H,3-6H2,1-2H3,(H2,11,13). The first-order chi connectivity index (χ1) is 9.84. The maximum absolute atomic E-state index is 12.6. The van der Waals surface area contributed by atoms with E-state index in [9.17, 15) is 8.42 Å². The van der Waals surface area contributed by atoms with Gasteiger partial charge < -0.3 is 15.7 Å². The summed E-state index contributed by atoms with van der Waals surface area (Å²) in [7, 11) is -0.900. The summed E-state index contributed by atoms with van der Waals surface area (Å²) in [5.74, 6) is -0.0604. The summed E-state index contributed by atoms with van der Waals surface area (Å²) in [5, 5.41) is 18.6. The van der Waals surface area contributed by atoms with Crippen molar-refractivity contribution in [2.75, 3.05) is 26.8 Å². The third kappa shape index (κ3) is 4.36. The molecule has 1 aromatic heterocycles. The lowest BCUT2D eigenvalue weighted by atomic mass is 10.4. The molecule has 0 saturated heterocycles. The van der Waals surface area contributed by atoms with Gasteiger partial charge in [-0.2, -0.15) is 4.31 Å². The molecule has 0 amide bonds. The van der Waals surface area contributed by atoms with E-state index in [1.807, 2.05) is 0 Å². The van der Waals surface area contributed by atoms with Crippen molar-refractivity contribution in [2.24, 2.45) is 17.9 Å². The van der Waals surface area contributed by atoms with Crippen LogP contribution in [0.25, 0.3) is 0 Å². The highest BCUT2D eigenvalue weighted by atomic mass is 79.9. The topological polar surface area (TPSA) is 136 Å². The molecule has 10 nitrogen and oxygen atoms in total. The van der Waals surface area contributed by atoms with Crippen LogP contribution in [-0.4, -0.2) is 65.6 Å². The number of nitrogens with two attached hydrogens (primary N) is 1. The van der Waals surface area contributed by atoms with E-state index in [4.69, 9.17) is 15.7 Å². The SMILES string of the molecule is COCCN(CCC(N)=NO)S(=O)(=O)c1c(Br)nnn1C. The molecule has 0 radical (unpaired) electrons. The van der Waals surface area contributed by atoms with Crippen molar-refractivity contribution in [1.29, 1.82) is 0 Å². The minimum atomic E-state index is -3.84. The van der Waals surface area contributed by atoms with Crippen molar-refractivity contribution in [2.45, 2.75) is 11.4 Å². The molecule has 3 N–H and O–H groups in total. The van der Waals surface area contributed by atoms with Crippen LogP contribution in [-0.2, 0) is 21.8 Å². The number of hydrogen-bond donors (Lipinski definition) is 2. The van der Waals surface area contributed by atoms with Crippen LogP contribution in [0.2, 0.25) is 0 Å². The molecule has 0 fully saturated rings. The van der Waals surface area contributed by atoms with Crippen molar-refractivity contribution < 1.29 is 18.4 Å². The number of oxime groups is 1. The molecule has 0 aliphatic carbocycles. The van der Waals surface area contributed by atoms with Crippen LogP contribution in [0.4, 0.5) is 0 Å². The Morgan fingerprint density at radius 2 is 2.24 bits per heavy atom. The Bertz CT molecular complexity index is 582. The zero-order chi connectivity index (χ0) is 16.0. The molecule has 12 heteroatoms. The van der Waals surface area contributed by atoms with Gasteiger partial charge in [0.1, 0.15) is 5.84 Å². The summed E-state index contributed by atoms with van der Waals surface area (Å²) >= 11 is 3.06. The number of aromatic nitrogens is 3. The average Bonchev–Trinajstić information content (AvgIpc) is 2.77. The van der Waals surface area contributed by atoms with Crippen molar-refractivity contribution >= 4 is 31.8 Å². The Balaban J connectivity index is 3.06. The van der Waals surface area contributed by atoms with Gasteiger partial charge in [-0.1, -0.05) is 10.4 Å². The number of ether oxygens (including phenoxy) is 1. The van der Waals surface area contributed by atoms with Gasteiger partial charge in [-0.05, 0) is 15.9 Å². The minimum absolute atomic E-state index is 0.0409. The van der Waals surface area contributed by atoms with E-state index in [1.54, 1.807) is 0 Å². The van der Waals surface area contributed by atoms with Crippen molar-refractivity contribution in [3.05, 3.63) is 4.60 Å². The number of hydrogen-bond acceptors (Lipinski definition) is 7. The Morgan fingerprint density at radius 3 is 2.71 bits per heavy atom. The lowest BCUT2D eigenvalue weighted by Crippen LogP contribution is -2.37. The average molecular weight is 385 g/mol. The third-order valence-corrected chi connectivity index (χ3v) is 5.40. The van der Waals surface area contributed by atoms with Gasteiger partial charge in [0.2, 0.25) is 5.03 Å². The zero-order valence-corrected chi connectivity index (χ0v) is 14.0. The maximum atomic E-state index is 12.6. The largest absolute Gasteiger partial charge is 0.409 e. The van der Waals surface area contributed by atoms with Gasteiger partial charge in [0.25, 0.3) is 10.0 Å². The van der Waals surface area contributed by atoms with Gasteiger partial charge in [-0.3, -0.25) is 0 Å². The van der Waals surface area contributed by atoms with Crippen LogP contribution < -0.4 is 5.73 Å². The van der Waals surface area contributed by atoms with Gasteiger partial charge in [-0.15, -0.1) is 5.10 Å². The lowest BCUT2D eigenvalue weighted by molar-refractivity contribution is 0.179. The summed E-state index contributed by atoms with van der Waals surface area (Å²) in [5.41, 5.74) is 5.38. The molecule has 0 spiro atoms. The highest BCUT2D eigenvalue weighted by molar-refractivity contribution is 9.10. The first-order valence-corrected chi connectivity index (χ1v) is 8.08. The maximum Gasteiger partial charge on any atom is 0.263 e. The number of rotatable bonds is 8. The summed E-state index contributed by atoms with van der Waals surface area (Å²) in [6.45, 7) is 0.368. The monoisotopic (exact) mass is 384 g/mol. The molecular formula is C9H17BrN6O4S. The fourth-order valence-electron chi connectivity index (χ4n) is 1.55. The summed E-state index contributed by atoms with van der Waals surface area (Å²) < 4.78 is 32.6. The van der Waals surface area contributed by atoms with Crippen LogP contribution in [0.5, 0.6) is 0 Å². The van der Waals surface area contributed by atoms with Gasteiger partial charge in [0.15, 0.2) is 4.60 Å². The Hall–Kier alpha value is -1.24. The molecule has 0 unspecified atom stereocenters. The second kappa shape index (κ2) is 7.68. The second-order valence-corrected chi connectivity index (χ2v) is 6.65. The second-order valence-electron chi connectivity index (χ2n) is 4.05. The van der Waals surface area contributed by atoms with E-state index in [1.165, 1.54) is 14.2 Å².